The number of ether oxygens (including phenoxy) is 3. The van der Waals surface area contributed by atoms with Crippen molar-refractivity contribution in [2.45, 2.75) is 32.2 Å². The van der Waals surface area contributed by atoms with Gasteiger partial charge in [0.25, 0.3) is 0 Å². The minimum Gasteiger partial charge on any atom is -0.497 e. The van der Waals surface area contributed by atoms with E-state index in [-0.39, 0.29) is 31.1 Å². The van der Waals surface area contributed by atoms with Gasteiger partial charge in [-0.25, -0.2) is 0 Å². The molecule has 2 heterocycles. The van der Waals surface area contributed by atoms with Crippen molar-refractivity contribution in [2.24, 2.45) is 5.92 Å². The minimum absolute atomic E-state index is 0.00936. The topological polar surface area (TPSA) is 77.1 Å². The first kappa shape index (κ1) is 20.1. The zero-order valence-corrected chi connectivity index (χ0v) is 17.2. The average molecular weight is 410 g/mol. The summed E-state index contributed by atoms with van der Waals surface area (Å²) in [5, 5.41) is 2.96. The molecule has 2 aromatic rings. The number of anilines is 1. The van der Waals surface area contributed by atoms with E-state index in [9.17, 15) is 9.59 Å². The fourth-order valence-electron chi connectivity index (χ4n) is 4.04. The molecule has 2 aliphatic heterocycles. The summed E-state index contributed by atoms with van der Waals surface area (Å²) < 4.78 is 16.0. The lowest BCUT2D eigenvalue weighted by molar-refractivity contribution is -0.129. The quantitative estimate of drug-likeness (QED) is 0.752. The smallest absolute Gasteiger partial charge is 0.231 e. The lowest BCUT2D eigenvalue weighted by Crippen LogP contribution is -2.33. The van der Waals surface area contributed by atoms with Gasteiger partial charge in [-0.1, -0.05) is 25.5 Å². The molecule has 30 heavy (non-hydrogen) atoms. The number of likely N-dealkylation sites (tertiary alicyclic amines) is 1. The van der Waals surface area contributed by atoms with Gasteiger partial charge in [-0.05, 0) is 36.2 Å². The van der Waals surface area contributed by atoms with Gasteiger partial charge in [-0.15, -0.1) is 0 Å². The Labute approximate surface area is 175 Å². The first-order valence-corrected chi connectivity index (χ1v) is 10.2. The van der Waals surface area contributed by atoms with Crippen molar-refractivity contribution in [3.8, 4) is 17.2 Å². The maximum atomic E-state index is 13.2. The summed E-state index contributed by atoms with van der Waals surface area (Å²) >= 11 is 0. The number of unbranched alkanes of at least 4 members (excludes halogenated alkanes) is 1. The molecule has 0 radical (unpaired) electrons. The van der Waals surface area contributed by atoms with Gasteiger partial charge >= 0.3 is 0 Å². The largest absolute Gasteiger partial charge is 0.497 e. The van der Waals surface area contributed by atoms with Crippen LogP contribution < -0.4 is 19.5 Å². The van der Waals surface area contributed by atoms with E-state index in [0.717, 1.165) is 24.2 Å². The third-order valence-corrected chi connectivity index (χ3v) is 5.62. The van der Waals surface area contributed by atoms with Gasteiger partial charge in [0, 0.05) is 24.7 Å². The highest BCUT2D eigenvalue weighted by molar-refractivity contribution is 5.98. The van der Waals surface area contributed by atoms with Crippen LogP contribution in [0.25, 0.3) is 0 Å². The predicted octanol–water partition coefficient (Wildman–Crippen LogP) is 3.75. The number of fused-ring (bicyclic) bond motifs is 1. The van der Waals surface area contributed by atoms with Gasteiger partial charge in [0.15, 0.2) is 11.5 Å². The Morgan fingerprint density at radius 3 is 2.67 bits per heavy atom. The minimum atomic E-state index is -0.479. The van der Waals surface area contributed by atoms with Crippen molar-refractivity contribution in [2.75, 3.05) is 25.8 Å². The second-order valence-corrected chi connectivity index (χ2v) is 7.53. The van der Waals surface area contributed by atoms with Crippen LogP contribution in [0.5, 0.6) is 17.2 Å². The van der Waals surface area contributed by atoms with Gasteiger partial charge in [-0.2, -0.15) is 0 Å². The van der Waals surface area contributed by atoms with Crippen LogP contribution in [0, 0.1) is 5.92 Å². The van der Waals surface area contributed by atoms with Crippen molar-refractivity contribution in [1.82, 2.24) is 4.90 Å². The summed E-state index contributed by atoms with van der Waals surface area (Å²) in [5.41, 5.74) is 1.56. The number of hydrogen-bond donors (Lipinski definition) is 1. The van der Waals surface area contributed by atoms with Crippen LogP contribution in [0.3, 0.4) is 0 Å². The lowest BCUT2D eigenvalue weighted by atomic mass is 9.92. The summed E-state index contributed by atoms with van der Waals surface area (Å²) in [6, 6.07) is 12.6. The Kier molecular flexibility index (Phi) is 5.79. The second-order valence-electron chi connectivity index (χ2n) is 7.53. The molecule has 1 N–H and O–H groups in total. The fraction of sp³-hybridized carbons (Fsp3) is 0.391. The number of amides is 2. The summed E-state index contributed by atoms with van der Waals surface area (Å²) in [7, 11) is 1.61. The third-order valence-electron chi connectivity index (χ3n) is 5.62. The zero-order chi connectivity index (χ0) is 21.1. The molecule has 7 heteroatoms. The molecule has 2 aromatic carbocycles. The van der Waals surface area contributed by atoms with E-state index in [0.29, 0.717) is 23.7 Å². The Morgan fingerprint density at radius 2 is 1.93 bits per heavy atom. The van der Waals surface area contributed by atoms with E-state index < -0.39 is 5.92 Å². The highest BCUT2D eigenvalue weighted by Gasteiger charge is 2.44. The standard InChI is InChI=1S/C23H26N2O5/c1-3-4-11-25-21(26)13-18(22(25)15-5-8-17(28-2)9-6-15)23(27)24-16-7-10-19-20(12-16)30-14-29-19/h5-10,12,18,22H,3-4,11,13-14H2,1-2H3,(H,24,27). The Morgan fingerprint density at radius 1 is 1.17 bits per heavy atom. The van der Waals surface area contributed by atoms with Crippen molar-refractivity contribution in [1.29, 1.82) is 0 Å². The van der Waals surface area contributed by atoms with Gasteiger partial charge < -0.3 is 24.4 Å². The molecule has 2 atom stereocenters. The molecule has 0 aromatic heterocycles. The highest BCUT2D eigenvalue weighted by atomic mass is 16.7. The molecule has 2 unspecified atom stereocenters. The lowest BCUT2D eigenvalue weighted by Gasteiger charge is -2.28. The predicted molar refractivity (Wildman–Crippen MR) is 112 cm³/mol. The Hall–Kier alpha value is -3.22. The number of benzene rings is 2. The van der Waals surface area contributed by atoms with E-state index in [1.165, 1.54) is 0 Å². The molecule has 7 nitrogen and oxygen atoms in total. The molecule has 4 rings (SSSR count). The van der Waals surface area contributed by atoms with E-state index in [1.807, 2.05) is 29.2 Å². The summed E-state index contributed by atoms with van der Waals surface area (Å²) in [6.45, 7) is 2.91. The highest BCUT2D eigenvalue weighted by Crippen LogP contribution is 2.40. The van der Waals surface area contributed by atoms with Crippen molar-refractivity contribution in [3.63, 3.8) is 0 Å². The van der Waals surface area contributed by atoms with Crippen LogP contribution in [0.2, 0.25) is 0 Å². The van der Waals surface area contributed by atoms with Gasteiger partial charge in [0.2, 0.25) is 18.6 Å². The van der Waals surface area contributed by atoms with Crippen LogP contribution in [0.1, 0.15) is 37.8 Å². The van der Waals surface area contributed by atoms with Crippen molar-refractivity contribution >= 4 is 17.5 Å². The van der Waals surface area contributed by atoms with Gasteiger partial charge in [0.05, 0.1) is 19.1 Å². The number of nitrogens with one attached hydrogen (secondary N) is 1. The van der Waals surface area contributed by atoms with E-state index in [2.05, 4.69) is 12.2 Å². The Bertz CT molecular complexity index is 928. The second kappa shape index (κ2) is 8.65. The normalized spacial score (nSPS) is 19.8. The van der Waals surface area contributed by atoms with Crippen LogP contribution >= 0.6 is 0 Å². The average Bonchev–Trinajstić information content (AvgIpc) is 3.36. The first-order chi connectivity index (χ1) is 14.6. The van der Waals surface area contributed by atoms with Gasteiger partial charge in [0.1, 0.15) is 5.75 Å². The van der Waals surface area contributed by atoms with E-state index >= 15 is 0 Å². The number of rotatable bonds is 7. The monoisotopic (exact) mass is 410 g/mol. The van der Waals surface area contributed by atoms with Crippen LogP contribution in [0.4, 0.5) is 5.69 Å². The fourth-order valence-corrected chi connectivity index (χ4v) is 4.04. The number of carbonyl (C=O) groups is 2. The molecular weight excluding hydrogens is 384 g/mol. The van der Waals surface area contributed by atoms with Crippen molar-refractivity contribution < 1.29 is 23.8 Å². The summed E-state index contributed by atoms with van der Waals surface area (Å²) in [5.74, 6) is 1.35. The SMILES string of the molecule is CCCCN1C(=O)CC(C(=O)Nc2ccc3c(c2)OCO3)C1c1ccc(OC)cc1. The van der Waals surface area contributed by atoms with Gasteiger partial charge in [-0.3, -0.25) is 9.59 Å². The number of nitrogens with zero attached hydrogens (tertiary/aromatic N) is 1. The third kappa shape index (κ3) is 3.92. The number of hydrogen-bond acceptors (Lipinski definition) is 5. The molecule has 1 saturated heterocycles. The molecule has 0 bridgehead atoms. The van der Waals surface area contributed by atoms with Crippen molar-refractivity contribution in [3.05, 3.63) is 48.0 Å². The van der Waals surface area contributed by atoms with E-state index in [4.69, 9.17) is 14.2 Å². The molecular formula is C23H26N2O5. The molecule has 2 amide bonds. The summed E-state index contributed by atoms with van der Waals surface area (Å²) in [4.78, 5) is 27.8. The van der Waals surface area contributed by atoms with E-state index in [1.54, 1.807) is 25.3 Å². The molecule has 0 saturated carbocycles. The first-order valence-electron chi connectivity index (χ1n) is 10.2. The maximum Gasteiger partial charge on any atom is 0.231 e. The molecule has 2 aliphatic rings. The zero-order valence-electron chi connectivity index (χ0n) is 17.2. The van der Waals surface area contributed by atoms with Crippen LogP contribution in [0.15, 0.2) is 42.5 Å². The molecule has 0 spiro atoms. The molecule has 1 fully saturated rings. The van der Waals surface area contributed by atoms with Crippen LogP contribution in [-0.2, 0) is 9.59 Å². The molecule has 0 aliphatic carbocycles. The number of methoxy groups -OCH3 is 1. The Balaban J connectivity index is 1.58. The number of carbonyl (C=O) groups excluding carboxylic acids is 2. The molecule has 158 valence electrons. The van der Waals surface area contributed by atoms with Crippen LogP contribution in [-0.4, -0.2) is 37.2 Å². The summed E-state index contributed by atoms with van der Waals surface area (Å²) in [6.07, 6.45) is 2.07. The maximum absolute atomic E-state index is 13.2.